The minimum Gasteiger partial charge on any atom is -0.467 e. The van der Waals surface area contributed by atoms with E-state index in [1.165, 1.54) is 7.11 Å². The average Bonchev–Trinajstić information content (AvgIpc) is 2.73. The Labute approximate surface area is 158 Å². The third-order valence-corrected chi connectivity index (χ3v) is 4.15. The maximum Gasteiger partial charge on any atom is 0.334 e. The lowest BCUT2D eigenvalue weighted by molar-refractivity contribution is -0.145. The second-order valence-corrected chi connectivity index (χ2v) is 6.02. The van der Waals surface area contributed by atoms with E-state index in [1.807, 2.05) is 54.6 Å². The van der Waals surface area contributed by atoms with Crippen LogP contribution in [-0.2, 0) is 20.7 Å². The van der Waals surface area contributed by atoms with Crippen LogP contribution < -0.4 is 5.32 Å². The summed E-state index contributed by atoms with van der Waals surface area (Å²) in [6.45, 7) is 0. The first-order valence-electron chi connectivity index (χ1n) is 8.60. The molecule has 3 rings (SSSR count). The Morgan fingerprint density at radius 1 is 0.926 bits per heavy atom. The summed E-state index contributed by atoms with van der Waals surface area (Å²) in [5, 5.41) is 2.70. The Kier molecular flexibility index (Phi) is 5.94. The number of aromatic nitrogens is 1. The van der Waals surface area contributed by atoms with Crippen LogP contribution in [0.2, 0.25) is 0 Å². The molecule has 0 radical (unpaired) electrons. The van der Waals surface area contributed by atoms with Crippen LogP contribution in [0.25, 0.3) is 11.1 Å². The lowest BCUT2D eigenvalue weighted by Gasteiger charge is -2.16. The van der Waals surface area contributed by atoms with E-state index in [-0.39, 0.29) is 12.3 Å². The molecule has 1 aromatic heterocycles. The Morgan fingerprint density at radius 3 is 2.22 bits per heavy atom. The Bertz CT molecular complexity index is 894. The fourth-order valence-electron chi connectivity index (χ4n) is 2.76. The number of hydrogen-bond donors (Lipinski definition) is 1. The third kappa shape index (κ3) is 4.79. The number of carbonyl (C=O) groups is 2. The summed E-state index contributed by atoms with van der Waals surface area (Å²) < 4.78 is 4.79. The molecule has 2 aromatic carbocycles. The van der Waals surface area contributed by atoms with Crippen molar-refractivity contribution < 1.29 is 14.3 Å². The fourth-order valence-corrected chi connectivity index (χ4v) is 2.76. The molecule has 0 spiro atoms. The molecular formula is C22H20N2O3. The second-order valence-electron chi connectivity index (χ2n) is 6.02. The molecule has 1 amide bonds. The van der Waals surface area contributed by atoms with E-state index < -0.39 is 12.0 Å². The van der Waals surface area contributed by atoms with Crippen LogP contribution in [-0.4, -0.2) is 24.0 Å². The van der Waals surface area contributed by atoms with Gasteiger partial charge in [-0.15, -0.1) is 0 Å². The number of benzene rings is 2. The molecular weight excluding hydrogens is 340 g/mol. The van der Waals surface area contributed by atoms with Gasteiger partial charge in [0.1, 0.15) is 0 Å². The van der Waals surface area contributed by atoms with Gasteiger partial charge in [-0.1, -0.05) is 60.7 Å². The van der Waals surface area contributed by atoms with Gasteiger partial charge in [0, 0.05) is 6.20 Å². The lowest BCUT2D eigenvalue weighted by atomic mass is 10.0. The minimum absolute atomic E-state index is 0.162. The molecule has 27 heavy (non-hydrogen) atoms. The van der Waals surface area contributed by atoms with E-state index in [1.54, 1.807) is 24.4 Å². The van der Waals surface area contributed by atoms with Gasteiger partial charge in [-0.3, -0.25) is 9.78 Å². The molecule has 5 heteroatoms. The molecule has 0 saturated carbocycles. The van der Waals surface area contributed by atoms with Crippen molar-refractivity contribution >= 4 is 11.9 Å². The average molecular weight is 360 g/mol. The van der Waals surface area contributed by atoms with Gasteiger partial charge < -0.3 is 10.1 Å². The van der Waals surface area contributed by atoms with Crippen LogP contribution >= 0.6 is 0 Å². The van der Waals surface area contributed by atoms with Crippen LogP contribution in [0.1, 0.15) is 17.3 Å². The maximum absolute atomic E-state index is 12.4. The molecule has 0 fully saturated rings. The van der Waals surface area contributed by atoms with Crippen LogP contribution in [0.15, 0.2) is 79.0 Å². The highest BCUT2D eigenvalue weighted by Crippen LogP contribution is 2.19. The molecule has 0 aliphatic carbocycles. The molecule has 136 valence electrons. The summed E-state index contributed by atoms with van der Waals surface area (Å²) in [6, 6.07) is 22.1. The van der Waals surface area contributed by atoms with Gasteiger partial charge in [0.2, 0.25) is 5.91 Å². The van der Waals surface area contributed by atoms with E-state index in [2.05, 4.69) is 10.3 Å². The van der Waals surface area contributed by atoms with Crippen molar-refractivity contribution in [3.8, 4) is 11.1 Å². The number of nitrogens with zero attached hydrogens (tertiary/aromatic N) is 1. The zero-order valence-corrected chi connectivity index (χ0v) is 15.0. The van der Waals surface area contributed by atoms with Crippen molar-refractivity contribution in [3.05, 3.63) is 90.3 Å². The molecule has 0 aliphatic heterocycles. The molecule has 3 aromatic rings. The Morgan fingerprint density at radius 2 is 1.59 bits per heavy atom. The number of methoxy groups -OCH3 is 1. The van der Waals surface area contributed by atoms with Crippen molar-refractivity contribution in [1.29, 1.82) is 0 Å². The highest BCUT2D eigenvalue weighted by molar-refractivity contribution is 5.86. The van der Waals surface area contributed by atoms with E-state index in [9.17, 15) is 9.59 Å². The number of rotatable bonds is 6. The first-order chi connectivity index (χ1) is 13.2. The van der Waals surface area contributed by atoms with Crippen LogP contribution in [0, 0.1) is 0 Å². The topological polar surface area (TPSA) is 68.3 Å². The number of amides is 1. The first kappa shape index (κ1) is 18.3. The van der Waals surface area contributed by atoms with Crippen molar-refractivity contribution in [2.75, 3.05) is 7.11 Å². The van der Waals surface area contributed by atoms with E-state index in [4.69, 9.17) is 4.74 Å². The third-order valence-electron chi connectivity index (χ3n) is 4.15. The number of nitrogens with one attached hydrogen (secondary N) is 1. The van der Waals surface area contributed by atoms with E-state index in [0.29, 0.717) is 5.69 Å². The lowest BCUT2D eigenvalue weighted by Crippen LogP contribution is -2.36. The number of carbonyl (C=O) groups excluding carboxylic acids is 2. The van der Waals surface area contributed by atoms with Gasteiger partial charge >= 0.3 is 5.97 Å². The van der Waals surface area contributed by atoms with Crippen molar-refractivity contribution in [2.45, 2.75) is 12.5 Å². The summed E-state index contributed by atoms with van der Waals surface area (Å²) in [5.41, 5.74) is 3.50. The smallest absolute Gasteiger partial charge is 0.334 e. The summed E-state index contributed by atoms with van der Waals surface area (Å²) >= 11 is 0. The fraction of sp³-hybridized carbons (Fsp3) is 0.136. The Hall–Kier alpha value is -3.47. The Balaban J connectivity index is 1.68. The predicted molar refractivity (Wildman–Crippen MR) is 103 cm³/mol. The van der Waals surface area contributed by atoms with Gasteiger partial charge in [0.25, 0.3) is 0 Å². The van der Waals surface area contributed by atoms with Crippen LogP contribution in [0.3, 0.4) is 0 Å². The number of ether oxygens (including phenoxy) is 1. The van der Waals surface area contributed by atoms with Gasteiger partial charge in [0.15, 0.2) is 6.04 Å². The molecule has 0 bridgehead atoms. The molecule has 0 aliphatic rings. The van der Waals surface area contributed by atoms with Crippen molar-refractivity contribution in [2.24, 2.45) is 0 Å². The van der Waals surface area contributed by atoms with Gasteiger partial charge in [-0.25, -0.2) is 4.79 Å². The zero-order chi connectivity index (χ0) is 19.1. The SMILES string of the molecule is COC(=O)C(NC(=O)Cc1ccc(-c2ccccc2)cc1)c1ccccn1. The first-order valence-corrected chi connectivity index (χ1v) is 8.60. The number of pyridine rings is 1. The van der Waals surface area contributed by atoms with Crippen LogP contribution in [0.4, 0.5) is 0 Å². The van der Waals surface area contributed by atoms with Crippen molar-refractivity contribution in [1.82, 2.24) is 10.3 Å². The molecule has 1 N–H and O–H groups in total. The van der Waals surface area contributed by atoms with E-state index in [0.717, 1.165) is 16.7 Å². The zero-order valence-electron chi connectivity index (χ0n) is 15.0. The monoisotopic (exact) mass is 360 g/mol. The summed E-state index contributed by atoms with van der Waals surface area (Å²) in [5.74, 6) is -0.829. The number of esters is 1. The summed E-state index contributed by atoms with van der Waals surface area (Å²) in [7, 11) is 1.28. The maximum atomic E-state index is 12.4. The van der Waals surface area contributed by atoms with E-state index >= 15 is 0 Å². The normalized spacial score (nSPS) is 11.4. The summed E-state index contributed by atoms with van der Waals surface area (Å²) in [4.78, 5) is 28.6. The van der Waals surface area contributed by atoms with Gasteiger partial charge in [-0.2, -0.15) is 0 Å². The predicted octanol–water partition coefficient (Wildman–Crippen LogP) is 3.32. The number of hydrogen-bond acceptors (Lipinski definition) is 4. The minimum atomic E-state index is -0.924. The molecule has 1 unspecified atom stereocenters. The van der Waals surface area contributed by atoms with Gasteiger partial charge in [0.05, 0.1) is 19.2 Å². The largest absolute Gasteiger partial charge is 0.467 e. The highest BCUT2D eigenvalue weighted by Gasteiger charge is 2.24. The quantitative estimate of drug-likeness (QED) is 0.685. The molecule has 1 atom stereocenters. The molecule has 1 heterocycles. The molecule has 5 nitrogen and oxygen atoms in total. The van der Waals surface area contributed by atoms with Crippen LogP contribution in [0.5, 0.6) is 0 Å². The van der Waals surface area contributed by atoms with Gasteiger partial charge in [-0.05, 0) is 28.8 Å². The second kappa shape index (κ2) is 8.76. The summed E-state index contributed by atoms with van der Waals surface area (Å²) in [6.07, 6.45) is 1.73. The molecule has 0 saturated heterocycles. The highest BCUT2D eigenvalue weighted by atomic mass is 16.5. The standard InChI is InChI=1S/C22H20N2O3/c1-27-22(26)21(19-9-5-6-14-23-19)24-20(25)15-16-10-12-18(13-11-16)17-7-3-2-4-8-17/h2-14,21H,15H2,1H3,(H,24,25). The van der Waals surface area contributed by atoms with Crippen molar-refractivity contribution in [3.63, 3.8) is 0 Å².